The third-order valence-corrected chi connectivity index (χ3v) is 5.45. The van der Waals surface area contributed by atoms with Gasteiger partial charge in [-0.2, -0.15) is 5.10 Å². The summed E-state index contributed by atoms with van der Waals surface area (Å²) in [7, 11) is 0. The topological polar surface area (TPSA) is 84.7 Å². The maximum absolute atomic E-state index is 12.7. The summed E-state index contributed by atoms with van der Waals surface area (Å²) in [4.78, 5) is 22.0. The minimum absolute atomic E-state index is 0.0409. The Bertz CT molecular complexity index is 972. The molecule has 1 aromatic carbocycles. The molecule has 0 aliphatic heterocycles. The highest BCUT2D eigenvalue weighted by molar-refractivity contribution is 7.99. The number of hydrogen-bond donors (Lipinski definition) is 2. The molecule has 2 heterocycles. The normalized spacial score (nSPS) is 12.3. The number of carbonyl (C=O) groups excluding carboxylic acids is 1. The average Bonchev–Trinajstić information content (AvgIpc) is 3.12. The van der Waals surface area contributed by atoms with Gasteiger partial charge in [-0.3, -0.25) is 4.79 Å². The zero-order chi connectivity index (χ0) is 21.5. The molecule has 1 unspecified atom stereocenters. The smallest absolute Gasteiger partial charge is 0.227 e. The molecule has 2 N–H and O–H groups in total. The van der Waals surface area contributed by atoms with E-state index < -0.39 is 0 Å². The number of nitrogens with one attached hydrogen (secondary N) is 2. The number of nitrogens with zero attached hydrogens (tertiary/aromatic N) is 4. The van der Waals surface area contributed by atoms with Gasteiger partial charge in [-0.15, -0.1) is 0 Å². The maximum Gasteiger partial charge on any atom is 0.227 e. The molecule has 1 atom stereocenters. The van der Waals surface area contributed by atoms with Crippen molar-refractivity contribution in [2.75, 3.05) is 17.6 Å². The lowest BCUT2D eigenvalue weighted by Crippen LogP contribution is -2.32. The molecule has 7 nitrogen and oxygen atoms in total. The molecule has 1 amide bonds. The van der Waals surface area contributed by atoms with Gasteiger partial charge in [0, 0.05) is 12.6 Å². The number of carbonyl (C=O) groups is 1. The summed E-state index contributed by atoms with van der Waals surface area (Å²) in [5.41, 5.74) is 1.83. The molecule has 0 aliphatic rings. The van der Waals surface area contributed by atoms with Crippen LogP contribution in [0, 0.1) is 0 Å². The highest BCUT2D eigenvalue weighted by Crippen LogP contribution is 2.25. The number of fused-ring (bicyclic) bond motifs is 1. The Balaban J connectivity index is 1.72. The van der Waals surface area contributed by atoms with Crippen molar-refractivity contribution in [1.82, 2.24) is 25.1 Å². The Morgan fingerprint density at radius 3 is 2.60 bits per heavy atom. The van der Waals surface area contributed by atoms with Gasteiger partial charge in [-0.05, 0) is 31.6 Å². The third kappa shape index (κ3) is 5.30. The minimum Gasteiger partial charge on any atom is -0.367 e. The van der Waals surface area contributed by atoms with Gasteiger partial charge in [0.05, 0.1) is 24.0 Å². The standard InChI is InChI=1S/C22H30N6OS/c1-5-17(16-10-8-7-9-11-16)21(29)23-12-13-28-20-18(14-24-28)19(25-15(3)4)26-22(27-20)30-6-2/h7-11,14-15,17H,5-6,12-13H2,1-4H3,(H,23,29)(H,25,26,27). The minimum atomic E-state index is -0.141. The quantitative estimate of drug-likeness (QED) is 0.376. The fourth-order valence-electron chi connectivity index (χ4n) is 3.34. The van der Waals surface area contributed by atoms with E-state index in [1.807, 2.05) is 41.9 Å². The first kappa shape index (κ1) is 22.1. The number of anilines is 1. The molecular formula is C22H30N6OS. The largest absolute Gasteiger partial charge is 0.367 e. The predicted molar refractivity (Wildman–Crippen MR) is 123 cm³/mol. The Labute approximate surface area is 182 Å². The molecule has 3 rings (SSSR count). The van der Waals surface area contributed by atoms with Crippen LogP contribution in [-0.2, 0) is 11.3 Å². The fourth-order valence-corrected chi connectivity index (χ4v) is 3.91. The van der Waals surface area contributed by atoms with Gasteiger partial charge in [0.1, 0.15) is 5.82 Å². The van der Waals surface area contributed by atoms with Crippen molar-refractivity contribution in [3.05, 3.63) is 42.1 Å². The second-order valence-corrected chi connectivity index (χ2v) is 8.59. The van der Waals surface area contributed by atoms with Crippen molar-refractivity contribution in [3.8, 4) is 0 Å². The van der Waals surface area contributed by atoms with Crippen LogP contribution < -0.4 is 10.6 Å². The summed E-state index contributed by atoms with van der Waals surface area (Å²) in [6.07, 6.45) is 2.55. The van der Waals surface area contributed by atoms with Crippen molar-refractivity contribution in [1.29, 1.82) is 0 Å². The molecule has 30 heavy (non-hydrogen) atoms. The molecule has 0 bridgehead atoms. The summed E-state index contributed by atoms with van der Waals surface area (Å²) in [5, 5.41) is 12.6. The summed E-state index contributed by atoms with van der Waals surface area (Å²) in [6, 6.07) is 10.2. The van der Waals surface area contributed by atoms with E-state index >= 15 is 0 Å². The number of rotatable bonds is 10. The molecule has 0 radical (unpaired) electrons. The van der Waals surface area contributed by atoms with E-state index in [1.54, 1.807) is 18.0 Å². The maximum atomic E-state index is 12.7. The van der Waals surface area contributed by atoms with Crippen molar-refractivity contribution in [2.24, 2.45) is 0 Å². The van der Waals surface area contributed by atoms with Crippen LogP contribution in [0.5, 0.6) is 0 Å². The molecule has 8 heteroatoms. The zero-order valence-electron chi connectivity index (χ0n) is 18.1. The Kier molecular flexibility index (Phi) is 7.68. The predicted octanol–water partition coefficient (Wildman–Crippen LogP) is 4.07. The highest BCUT2D eigenvalue weighted by atomic mass is 32.2. The molecule has 2 aromatic heterocycles. The molecule has 0 aliphatic carbocycles. The summed E-state index contributed by atoms with van der Waals surface area (Å²) < 4.78 is 1.84. The first-order valence-electron chi connectivity index (χ1n) is 10.5. The summed E-state index contributed by atoms with van der Waals surface area (Å²) in [5.74, 6) is 1.60. The SMILES string of the molecule is CCSc1nc(NC(C)C)c2cnn(CCNC(=O)C(CC)c3ccccc3)c2n1. The van der Waals surface area contributed by atoms with E-state index in [2.05, 4.69) is 46.5 Å². The van der Waals surface area contributed by atoms with Crippen molar-refractivity contribution in [2.45, 2.75) is 57.8 Å². The first-order valence-corrected chi connectivity index (χ1v) is 11.5. The van der Waals surface area contributed by atoms with Crippen LogP contribution in [0.15, 0.2) is 41.7 Å². The molecular weight excluding hydrogens is 396 g/mol. The first-order chi connectivity index (χ1) is 14.5. The number of thioether (sulfide) groups is 1. The lowest BCUT2D eigenvalue weighted by Gasteiger charge is -2.15. The summed E-state index contributed by atoms with van der Waals surface area (Å²) in [6.45, 7) is 9.32. The van der Waals surface area contributed by atoms with E-state index in [0.717, 1.165) is 39.7 Å². The van der Waals surface area contributed by atoms with Crippen molar-refractivity contribution < 1.29 is 4.79 Å². The van der Waals surface area contributed by atoms with Crippen molar-refractivity contribution >= 4 is 34.5 Å². The van der Waals surface area contributed by atoms with E-state index in [0.29, 0.717) is 13.1 Å². The monoisotopic (exact) mass is 426 g/mol. The van der Waals surface area contributed by atoms with Gasteiger partial charge in [-0.25, -0.2) is 14.6 Å². The van der Waals surface area contributed by atoms with Crippen LogP contribution in [-0.4, -0.2) is 44.0 Å². The van der Waals surface area contributed by atoms with Crippen LogP contribution >= 0.6 is 11.8 Å². The number of benzene rings is 1. The Morgan fingerprint density at radius 2 is 1.93 bits per heavy atom. The molecule has 3 aromatic rings. The van der Waals surface area contributed by atoms with Gasteiger partial charge in [-0.1, -0.05) is 55.9 Å². The van der Waals surface area contributed by atoms with Gasteiger partial charge in [0.15, 0.2) is 10.8 Å². The van der Waals surface area contributed by atoms with E-state index in [9.17, 15) is 4.79 Å². The molecule has 0 saturated carbocycles. The third-order valence-electron chi connectivity index (χ3n) is 4.72. The van der Waals surface area contributed by atoms with Crippen molar-refractivity contribution in [3.63, 3.8) is 0 Å². The van der Waals surface area contributed by atoms with E-state index in [1.165, 1.54) is 0 Å². The van der Waals surface area contributed by atoms with Crippen LogP contribution in [0.3, 0.4) is 0 Å². The van der Waals surface area contributed by atoms with Gasteiger partial charge >= 0.3 is 0 Å². The number of hydrogen-bond acceptors (Lipinski definition) is 6. The molecule has 0 saturated heterocycles. The highest BCUT2D eigenvalue weighted by Gasteiger charge is 2.18. The van der Waals surface area contributed by atoms with E-state index in [-0.39, 0.29) is 17.9 Å². The van der Waals surface area contributed by atoms with Crippen LogP contribution in [0.2, 0.25) is 0 Å². The Hall–Kier alpha value is -2.61. The number of aromatic nitrogens is 4. The Morgan fingerprint density at radius 1 is 1.17 bits per heavy atom. The van der Waals surface area contributed by atoms with E-state index in [4.69, 9.17) is 0 Å². The van der Waals surface area contributed by atoms with Gasteiger partial charge in [0.25, 0.3) is 0 Å². The van der Waals surface area contributed by atoms with Crippen LogP contribution in [0.1, 0.15) is 45.6 Å². The second kappa shape index (κ2) is 10.4. The lowest BCUT2D eigenvalue weighted by atomic mass is 9.96. The van der Waals surface area contributed by atoms with Gasteiger partial charge in [0.2, 0.25) is 5.91 Å². The fraction of sp³-hybridized carbons (Fsp3) is 0.455. The average molecular weight is 427 g/mol. The van der Waals surface area contributed by atoms with Gasteiger partial charge < -0.3 is 10.6 Å². The molecule has 0 fully saturated rings. The number of amides is 1. The summed E-state index contributed by atoms with van der Waals surface area (Å²) >= 11 is 1.60. The van der Waals surface area contributed by atoms with Crippen LogP contribution in [0.4, 0.5) is 5.82 Å². The molecule has 0 spiro atoms. The lowest BCUT2D eigenvalue weighted by molar-refractivity contribution is -0.122. The zero-order valence-corrected chi connectivity index (χ0v) is 18.9. The van der Waals surface area contributed by atoms with Crippen LogP contribution in [0.25, 0.3) is 11.0 Å². The second-order valence-electron chi connectivity index (χ2n) is 7.35. The molecule has 160 valence electrons.